The second-order valence-corrected chi connectivity index (χ2v) is 7.66. The van der Waals surface area contributed by atoms with E-state index < -0.39 is 9.84 Å². The Bertz CT molecular complexity index is 436. The molecule has 0 amide bonds. The first-order valence-corrected chi connectivity index (χ1v) is 9.28. The zero-order chi connectivity index (χ0) is 14.4. The number of sulfone groups is 1. The number of aliphatic imine (C=N–C) groups is 1. The van der Waals surface area contributed by atoms with Gasteiger partial charge in [0.1, 0.15) is 0 Å². The van der Waals surface area contributed by atoms with Gasteiger partial charge in [0.2, 0.25) is 0 Å². The quantitative estimate of drug-likeness (QED) is 0.385. The molecule has 21 heavy (non-hydrogen) atoms. The minimum atomic E-state index is -2.85. The molecule has 0 spiro atoms. The van der Waals surface area contributed by atoms with Gasteiger partial charge in [0, 0.05) is 25.7 Å². The first-order valence-electron chi connectivity index (χ1n) is 7.46. The fourth-order valence-corrected chi connectivity index (χ4v) is 4.29. The van der Waals surface area contributed by atoms with E-state index in [-0.39, 0.29) is 41.5 Å². The zero-order valence-corrected chi connectivity index (χ0v) is 15.7. The fraction of sp³-hybridized carbons (Fsp3) is 0.923. The van der Waals surface area contributed by atoms with Crippen molar-refractivity contribution in [2.75, 3.05) is 31.2 Å². The average Bonchev–Trinajstić information content (AvgIpc) is 2.99. The minimum absolute atomic E-state index is 0. The van der Waals surface area contributed by atoms with E-state index in [4.69, 9.17) is 4.74 Å². The molecule has 2 rings (SSSR count). The molecule has 8 heteroatoms. The van der Waals surface area contributed by atoms with Crippen molar-refractivity contribution < 1.29 is 13.2 Å². The SMILES string of the molecule is CCNC(=NCCC1CCCO1)NC1CCS(=O)(=O)C1.I. The van der Waals surface area contributed by atoms with Gasteiger partial charge >= 0.3 is 0 Å². The lowest BCUT2D eigenvalue weighted by atomic mass is 10.2. The molecule has 0 aromatic heterocycles. The van der Waals surface area contributed by atoms with Crippen LogP contribution in [-0.4, -0.2) is 57.7 Å². The van der Waals surface area contributed by atoms with Crippen LogP contribution in [0.3, 0.4) is 0 Å². The Morgan fingerprint density at radius 2 is 2.19 bits per heavy atom. The molecule has 2 aliphatic heterocycles. The standard InChI is InChI=1S/C13H25N3O3S.HI/c1-2-14-13(15-7-5-12-4-3-8-19-12)16-11-6-9-20(17,18)10-11;/h11-12H,2-10H2,1H3,(H2,14,15,16);1H. The Morgan fingerprint density at radius 1 is 1.38 bits per heavy atom. The lowest BCUT2D eigenvalue weighted by Crippen LogP contribution is -2.44. The van der Waals surface area contributed by atoms with Crippen LogP contribution in [0.4, 0.5) is 0 Å². The van der Waals surface area contributed by atoms with Crippen LogP contribution in [0.2, 0.25) is 0 Å². The van der Waals surface area contributed by atoms with E-state index in [0.717, 1.165) is 32.4 Å². The van der Waals surface area contributed by atoms with E-state index in [2.05, 4.69) is 15.6 Å². The molecule has 2 unspecified atom stereocenters. The Balaban J connectivity index is 0.00000220. The zero-order valence-electron chi connectivity index (χ0n) is 12.5. The highest BCUT2D eigenvalue weighted by molar-refractivity contribution is 14.0. The van der Waals surface area contributed by atoms with Crippen molar-refractivity contribution in [3.8, 4) is 0 Å². The third-order valence-corrected chi connectivity index (χ3v) is 5.43. The van der Waals surface area contributed by atoms with Crippen molar-refractivity contribution in [3.05, 3.63) is 0 Å². The molecular formula is C13H26IN3O3S. The molecule has 0 aromatic rings. The van der Waals surface area contributed by atoms with Crippen LogP contribution in [-0.2, 0) is 14.6 Å². The second kappa shape index (κ2) is 9.14. The van der Waals surface area contributed by atoms with Gasteiger partial charge < -0.3 is 15.4 Å². The van der Waals surface area contributed by atoms with Crippen LogP contribution in [0.15, 0.2) is 4.99 Å². The lowest BCUT2D eigenvalue weighted by molar-refractivity contribution is 0.106. The third-order valence-electron chi connectivity index (χ3n) is 3.66. The van der Waals surface area contributed by atoms with Crippen LogP contribution in [0, 0.1) is 0 Å². The van der Waals surface area contributed by atoms with Crippen molar-refractivity contribution in [2.45, 2.75) is 44.8 Å². The Hall–Kier alpha value is -0.0900. The number of halogens is 1. The molecule has 2 saturated heterocycles. The van der Waals surface area contributed by atoms with Gasteiger partial charge in [-0.25, -0.2) is 8.42 Å². The summed E-state index contributed by atoms with van der Waals surface area (Å²) in [4.78, 5) is 4.51. The molecule has 0 saturated carbocycles. The Morgan fingerprint density at radius 3 is 2.76 bits per heavy atom. The molecule has 0 radical (unpaired) electrons. The summed E-state index contributed by atoms with van der Waals surface area (Å²) >= 11 is 0. The van der Waals surface area contributed by atoms with Crippen LogP contribution >= 0.6 is 24.0 Å². The highest BCUT2D eigenvalue weighted by Gasteiger charge is 2.28. The molecule has 2 heterocycles. The van der Waals surface area contributed by atoms with Gasteiger partial charge in [0.15, 0.2) is 15.8 Å². The van der Waals surface area contributed by atoms with E-state index in [0.29, 0.717) is 25.0 Å². The van der Waals surface area contributed by atoms with Gasteiger partial charge in [-0.3, -0.25) is 4.99 Å². The summed E-state index contributed by atoms with van der Waals surface area (Å²) in [7, 11) is -2.85. The molecular weight excluding hydrogens is 405 g/mol. The van der Waals surface area contributed by atoms with Gasteiger partial charge in [0.25, 0.3) is 0 Å². The van der Waals surface area contributed by atoms with Crippen molar-refractivity contribution >= 4 is 39.8 Å². The summed E-state index contributed by atoms with van der Waals surface area (Å²) in [6, 6.07) is -0.0134. The number of ether oxygens (including phenoxy) is 1. The van der Waals surface area contributed by atoms with Crippen LogP contribution in [0.1, 0.15) is 32.6 Å². The predicted molar refractivity (Wildman–Crippen MR) is 95.2 cm³/mol. The smallest absolute Gasteiger partial charge is 0.191 e. The Kier molecular flexibility index (Phi) is 8.25. The first kappa shape index (κ1) is 19.0. The first-order chi connectivity index (χ1) is 9.59. The summed E-state index contributed by atoms with van der Waals surface area (Å²) in [6.45, 7) is 4.35. The number of guanidine groups is 1. The number of nitrogens with one attached hydrogen (secondary N) is 2. The summed E-state index contributed by atoms with van der Waals surface area (Å²) in [5, 5.41) is 6.38. The van der Waals surface area contributed by atoms with Crippen LogP contribution < -0.4 is 10.6 Å². The van der Waals surface area contributed by atoms with Crippen LogP contribution in [0.5, 0.6) is 0 Å². The molecule has 124 valence electrons. The van der Waals surface area contributed by atoms with Crippen molar-refractivity contribution in [1.29, 1.82) is 0 Å². The van der Waals surface area contributed by atoms with Gasteiger partial charge in [-0.1, -0.05) is 0 Å². The normalized spacial score (nSPS) is 28.1. The molecule has 0 aliphatic carbocycles. The fourth-order valence-electron chi connectivity index (χ4n) is 2.61. The monoisotopic (exact) mass is 431 g/mol. The molecule has 0 bridgehead atoms. The second-order valence-electron chi connectivity index (χ2n) is 5.43. The Labute approximate surface area is 144 Å². The molecule has 2 atom stereocenters. The van der Waals surface area contributed by atoms with E-state index in [1.54, 1.807) is 0 Å². The largest absolute Gasteiger partial charge is 0.378 e. The van der Waals surface area contributed by atoms with E-state index in [1.807, 2.05) is 6.92 Å². The number of hydrogen-bond acceptors (Lipinski definition) is 4. The minimum Gasteiger partial charge on any atom is -0.378 e. The number of rotatable bonds is 5. The summed E-state index contributed by atoms with van der Waals surface area (Å²) in [6.07, 6.45) is 4.21. The maximum Gasteiger partial charge on any atom is 0.191 e. The lowest BCUT2D eigenvalue weighted by Gasteiger charge is -2.16. The molecule has 6 nitrogen and oxygen atoms in total. The van der Waals surface area contributed by atoms with Crippen LogP contribution in [0.25, 0.3) is 0 Å². The van der Waals surface area contributed by atoms with Gasteiger partial charge in [-0.05, 0) is 32.6 Å². The number of hydrogen-bond donors (Lipinski definition) is 2. The summed E-state index contributed by atoms with van der Waals surface area (Å²) in [5.41, 5.74) is 0. The van der Waals surface area contributed by atoms with Crippen molar-refractivity contribution in [3.63, 3.8) is 0 Å². The summed E-state index contributed by atoms with van der Waals surface area (Å²) in [5.74, 6) is 1.20. The molecule has 2 N–H and O–H groups in total. The van der Waals surface area contributed by atoms with E-state index >= 15 is 0 Å². The van der Waals surface area contributed by atoms with Gasteiger partial charge in [-0.15, -0.1) is 24.0 Å². The number of nitrogens with zero attached hydrogens (tertiary/aromatic N) is 1. The van der Waals surface area contributed by atoms with E-state index in [1.165, 1.54) is 0 Å². The molecule has 2 fully saturated rings. The van der Waals surface area contributed by atoms with Crippen molar-refractivity contribution in [2.24, 2.45) is 4.99 Å². The van der Waals surface area contributed by atoms with E-state index in [9.17, 15) is 8.42 Å². The third kappa shape index (κ3) is 6.68. The highest BCUT2D eigenvalue weighted by atomic mass is 127. The van der Waals surface area contributed by atoms with Crippen molar-refractivity contribution in [1.82, 2.24) is 10.6 Å². The molecule has 2 aliphatic rings. The maximum atomic E-state index is 11.5. The predicted octanol–water partition coefficient (Wildman–Crippen LogP) is 0.916. The highest BCUT2D eigenvalue weighted by Crippen LogP contribution is 2.15. The maximum absolute atomic E-state index is 11.5. The summed E-state index contributed by atoms with van der Waals surface area (Å²) < 4.78 is 28.5. The van der Waals surface area contributed by atoms with Gasteiger partial charge in [-0.2, -0.15) is 0 Å². The molecule has 0 aromatic carbocycles. The van der Waals surface area contributed by atoms with Gasteiger partial charge in [0.05, 0.1) is 17.6 Å². The topological polar surface area (TPSA) is 79.8 Å². The average molecular weight is 431 g/mol.